The number of phenols is 1. The van der Waals surface area contributed by atoms with Gasteiger partial charge in [-0.25, -0.2) is 18.7 Å². The monoisotopic (exact) mass is 395 g/mol. The Bertz CT molecular complexity index is 1140. The zero-order chi connectivity index (χ0) is 20.4. The lowest BCUT2D eigenvalue weighted by Crippen LogP contribution is -2.20. The van der Waals surface area contributed by atoms with Gasteiger partial charge in [-0.1, -0.05) is 13.3 Å². The number of fused-ring (bicyclic) bond motifs is 1. The van der Waals surface area contributed by atoms with Crippen LogP contribution in [0.2, 0.25) is 0 Å². The van der Waals surface area contributed by atoms with E-state index in [-0.39, 0.29) is 5.82 Å². The Morgan fingerprint density at radius 2 is 1.86 bits per heavy atom. The van der Waals surface area contributed by atoms with Gasteiger partial charge in [-0.05, 0) is 42.8 Å². The summed E-state index contributed by atoms with van der Waals surface area (Å²) < 4.78 is 27.4. The number of hydrogen-bond acceptors (Lipinski definition) is 5. The van der Waals surface area contributed by atoms with Gasteiger partial charge in [0.1, 0.15) is 16.9 Å². The molecule has 0 fully saturated rings. The van der Waals surface area contributed by atoms with Crippen molar-refractivity contribution in [2.75, 3.05) is 11.4 Å². The molecule has 2 heterocycles. The molecule has 0 radical (unpaired) electrons. The normalized spacial score (nSPS) is 11.1. The molecule has 0 saturated heterocycles. The van der Waals surface area contributed by atoms with Crippen LogP contribution >= 0.6 is 0 Å². The molecule has 2 N–H and O–H groups in total. The van der Waals surface area contributed by atoms with Crippen LogP contribution in [-0.2, 0) is 0 Å². The summed E-state index contributed by atoms with van der Waals surface area (Å²) in [4.78, 5) is 11.1. The first kappa shape index (κ1) is 18.8. The minimum absolute atomic E-state index is 0.345. The maximum absolute atomic E-state index is 14.0. The fraction of sp³-hybridized carbons (Fsp3) is 0.190. The number of aromatic hydroxyl groups is 1. The van der Waals surface area contributed by atoms with Crippen LogP contribution in [0.4, 0.5) is 20.3 Å². The molecule has 0 spiro atoms. The number of nitrogens with zero attached hydrogens (tertiary/aromatic N) is 4. The highest BCUT2D eigenvalue weighted by Crippen LogP contribution is 2.33. The second-order valence-electron chi connectivity index (χ2n) is 6.65. The summed E-state index contributed by atoms with van der Waals surface area (Å²) in [7, 11) is 0. The van der Waals surface area contributed by atoms with Crippen molar-refractivity contribution in [3.63, 3.8) is 0 Å². The average Bonchev–Trinajstić information content (AvgIpc) is 3.20. The molecule has 0 saturated carbocycles. The average molecular weight is 395 g/mol. The van der Waals surface area contributed by atoms with Gasteiger partial charge in [-0.3, -0.25) is 5.10 Å². The molecule has 0 bridgehead atoms. The number of rotatable bonds is 6. The van der Waals surface area contributed by atoms with E-state index in [0.29, 0.717) is 40.5 Å². The van der Waals surface area contributed by atoms with Crippen molar-refractivity contribution in [2.45, 2.75) is 19.8 Å². The minimum Gasteiger partial charge on any atom is -0.505 e. The Balaban J connectivity index is 1.88. The largest absolute Gasteiger partial charge is 0.505 e. The molecule has 0 aliphatic rings. The number of unbranched alkanes of at least 4 members (excludes halogenated alkanes) is 1. The molecule has 148 valence electrons. The van der Waals surface area contributed by atoms with Gasteiger partial charge in [0.05, 0.1) is 6.20 Å². The van der Waals surface area contributed by atoms with Crippen LogP contribution in [0, 0.1) is 11.6 Å². The zero-order valence-electron chi connectivity index (χ0n) is 15.7. The molecular weight excluding hydrogens is 376 g/mol. The van der Waals surface area contributed by atoms with E-state index < -0.39 is 11.6 Å². The summed E-state index contributed by atoms with van der Waals surface area (Å²) in [6.45, 7) is 2.64. The van der Waals surface area contributed by atoms with Crippen molar-refractivity contribution in [2.24, 2.45) is 0 Å². The molecule has 29 heavy (non-hydrogen) atoms. The van der Waals surface area contributed by atoms with Gasteiger partial charge in [-0.15, -0.1) is 0 Å². The second-order valence-corrected chi connectivity index (χ2v) is 6.65. The molecule has 0 aliphatic heterocycles. The Hall–Kier alpha value is -3.55. The number of nitrogens with one attached hydrogen (secondary N) is 1. The van der Waals surface area contributed by atoms with Crippen molar-refractivity contribution in [1.82, 2.24) is 20.2 Å². The van der Waals surface area contributed by atoms with E-state index >= 15 is 0 Å². The lowest BCUT2D eigenvalue weighted by Gasteiger charge is -2.24. The van der Waals surface area contributed by atoms with Crippen molar-refractivity contribution < 1.29 is 13.9 Å². The van der Waals surface area contributed by atoms with E-state index in [1.54, 1.807) is 24.4 Å². The van der Waals surface area contributed by atoms with E-state index in [1.807, 2.05) is 4.90 Å². The van der Waals surface area contributed by atoms with Crippen LogP contribution < -0.4 is 4.90 Å². The van der Waals surface area contributed by atoms with Crippen LogP contribution in [0.5, 0.6) is 5.75 Å². The van der Waals surface area contributed by atoms with Crippen LogP contribution in [0.25, 0.3) is 22.4 Å². The molecular formula is C21H19F2N5O. The topological polar surface area (TPSA) is 77.9 Å². The van der Waals surface area contributed by atoms with E-state index in [2.05, 4.69) is 22.1 Å². The van der Waals surface area contributed by atoms with Crippen molar-refractivity contribution >= 4 is 22.5 Å². The Kier molecular flexibility index (Phi) is 5.07. The predicted molar refractivity (Wildman–Crippen MR) is 107 cm³/mol. The summed E-state index contributed by atoms with van der Waals surface area (Å²) in [6, 6.07) is 10.1. The van der Waals surface area contributed by atoms with Crippen LogP contribution in [-0.4, -0.2) is 31.8 Å². The summed E-state index contributed by atoms with van der Waals surface area (Å²) in [5, 5.41) is 16.5. The number of aromatic amines is 1. The van der Waals surface area contributed by atoms with Crippen LogP contribution in [0.15, 0.2) is 48.7 Å². The summed E-state index contributed by atoms with van der Waals surface area (Å²) in [5.41, 5.74) is 2.41. The summed E-state index contributed by atoms with van der Waals surface area (Å²) in [5.74, 6) is -0.522. The second kappa shape index (κ2) is 7.83. The molecule has 0 amide bonds. The van der Waals surface area contributed by atoms with E-state index in [1.165, 1.54) is 24.3 Å². The standard InChI is InChI=1S/C21H19F2N5O/c1-2-3-10-28(15-8-9-18(29)16(23)11-15)21-19-17(12-24-27-19)25-20(26-21)13-4-6-14(22)7-5-13/h4-9,11-12,29H,2-3,10H2,1H3,(H,24,27). The maximum atomic E-state index is 14.0. The quantitative estimate of drug-likeness (QED) is 0.483. The number of phenolic OH excluding ortho intramolecular Hbond substituents is 1. The molecule has 6 nitrogen and oxygen atoms in total. The number of hydrogen-bond donors (Lipinski definition) is 2. The lowest BCUT2D eigenvalue weighted by atomic mass is 10.2. The van der Waals surface area contributed by atoms with Gasteiger partial charge < -0.3 is 10.0 Å². The zero-order valence-corrected chi connectivity index (χ0v) is 15.7. The number of H-pyrrole nitrogens is 1. The van der Waals surface area contributed by atoms with E-state index in [0.717, 1.165) is 12.8 Å². The highest BCUT2D eigenvalue weighted by atomic mass is 19.1. The summed E-state index contributed by atoms with van der Waals surface area (Å²) in [6.07, 6.45) is 3.36. The molecule has 2 aromatic carbocycles. The third-order valence-corrected chi connectivity index (χ3v) is 4.62. The Morgan fingerprint density at radius 1 is 1.07 bits per heavy atom. The first-order valence-electron chi connectivity index (χ1n) is 9.30. The highest BCUT2D eigenvalue weighted by molar-refractivity contribution is 5.89. The van der Waals surface area contributed by atoms with E-state index in [4.69, 9.17) is 4.98 Å². The number of anilines is 2. The highest BCUT2D eigenvalue weighted by Gasteiger charge is 2.19. The molecule has 4 rings (SSSR count). The first-order chi connectivity index (χ1) is 14.1. The fourth-order valence-electron chi connectivity index (χ4n) is 3.09. The van der Waals surface area contributed by atoms with Gasteiger partial charge in [0, 0.05) is 23.9 Å². The van der Waals surface area contributed by atoms with Crippen LogP contribution in [0.3, 0.4) is 0 Å². The molecule has 0 aliphatic carbocycles. The van der Waals surface area contributed by atoms with Gasteiger partial charge >= 0.3 is 0 Å². The molecule has 0 atom stereocenters. The van der Waals surface area contributed by atoms with Crippen molar-refractivity contribution in [3.8, 4) is 17.1 Å². The third kappa shape index (κ3) is 3.73. The summed E-state index contributed by atoms with van der Waals surface area (Å²) >= 11 is 0. The minimum atomic E-state index is -0.710. The van der Waals surface area contributed by atoms with Crippen LogP contribution in [0.1, 0.15) is 19.8 Å². The van der Waals surface area contributed by atoms with Gasteiger partial charge in [0.2, 0.25) is 0 Å². The third-order valence-electron chi connectivity index (χ3n) is 4.62. The molecule has 8 heteroatoms. The lowest BCUT2D eigenvalue weighted by molar-refractivity contribution is 0.432. The number of aromatic nitrogens is 4. The maximum Gasteiger partial charge on any atom is 0.166 e. The van der Waals surface area contributed by atoms with Crippen molar-refractivity contribution in [1.29, 1.82) is 0 Å². The van der Waals surface area contributed by atoms with Crippen molar-refractivity contribution in [3.05, 3.63) is 60.3 Å². The predicted octanol–water partition coefficient (Wildman–Crippen LogP) is 4.94. The SMILES string of the molecule is CCCCN(c1ccc(O)c(F)c1)c1nc(-c2ccc(F)cc2)nc2cn[nH]c12. The number of halogens is 2. The van der Waals surface area contributed by atoms with Gasteiger partial charge in [0.15, 0.2) is 23.2 Å². The number of benzene rings is 2. The van der Waals surface area contributed by atoms with Gasteiger partial charge in [-0.2, -0.15) is 5.10 Å². The Labute approximate surface area is 165 Å². The van der Waals surface area contributed by atoms with Gasteiger partial charge in [0.25, 0.3) is 0 Å². The molecule has 4 aromatic rings. The Morgan fingerprint density at radius 3 is 2.59 bits per heavy atom. The smallest absolute Gasteiger partial charge is 0.166 e. The first-order valence-corrected chi connectivity index (χ1v) is 9.30. The fourth-order valence-corrected chi connectivity index (χ4v) is 3.09. The molecule has 2 aromatic heterocycles. The van der Waals surface area contributed by atoms with E-state index in [9.17, 15) is 13.9 Å². The molecule has 0 unspecified atom stereocenters.